The van der Waals surface area contributed by atoms with E-state index in [1.807, 2.05) is 7.05 Å². The number of halogens is 1. The maximum atomic E-state index is 11.8. The van der Waals surface area contributed by atoms with Crippen LogP contribution in [-0.2, 0) is 7.05 Å². The van der Waals surface area contributed by atoms with Crippen molar-refractivity contribution in [3.63, 3.8) is 0 Å². The van der Waals surface area contributed by atoms with Crippen LogP contribution < -0.4 is 5.32 Å². The summed E-state index contributed by atoms with van der Waals surface area (Å²) in [5.41, 5.74) is 0.466. The van der Waals surface area contributed by atoms with E-state index in [1.54, 1.807) is 17.1 Å². The van der Waals surface area contributed by atoms with E-state index in [2.05, 4.69) is 17.2 Å². The average Bonchev–Trinajstić information content (AvgIpc) is 2.73. The van der Waals surface area contributed by atoms with E-state index in [1.165, 1.54) is 0 Å². The number of alkyl halides is 1. The van der Waals surface area contributed by atoms with Gasteiger partial charge in [-0.25, -0.2) is 4.98 Å². The molecule has 1 atom stereocenters. The van der Waals surface area contributed by atoms with Gasteiger partial charge in [0.05, 0.1) is 6.33 Å². The Kier molecular flexibility index (Phi) is 6.05. The molecule has 5 heteroatoms. The molecule has 0 aromatic carbocycles. The zero-order chi connectivity index (χ0) is 12.7. The molecule has 1 unspecified atom stereocenters. The summed E-state index contributed by atoms with van der Waals surface area (Å²) < 4.78 is 1.76. The van der Waals surface area contributed by atoms with Crippen molar-refractivity contribution in [2.45, 2.75) is 26.2 Å². The summed E-state index contributed by atoms with van der Waals surface area (Å²) in [5.74, 6) is 0.996. The van der Waals surface area contributed by atoms with Crippen molar-refractivity contribution in [2.75, 3.05) is 12.4 Å². The lowest BCUT2D eigenvalue weighted by Gasteiger charge is -2.14. The van der Waals surface area contributed by atoms with E-state index in [4.69, 9.17) is 11.6 Å². The number of rotatable bonds is 7. The minimum Gasteiger partial charge on any atom is -0.350 e. The van der Waals surface area contributed by atoms with Gasteiger partial charge in [-0.1, -0.05) is 13.3 Å². The second-order valence-electron chi connectivity index (χ2n) is 4.27. The third-order valence-electron chi connectivity index (χ3n) is 2.70. The molecule has 0 aliphatic carbocycles. The first-order valence-corrected chi connectivity index (χ1v) is 6.53. The fraction of sp³-hybridized carbons (Fsp3) is 0.667. The molecule has 17 heavy (non-hydrogen) atoms. The molecule has 1 aromatic rings. The maximum Gasteiger partial charge on any atom is 0.271 e. The Morgan fingerprint density at radius 2 is 2.35 bits per heavy atom. The molecule has 0 saturated carbocycles. The Hall–Kier alpha value is -1.03. The molecular formula is C12H20ClN3O. The Labute approximate surface area is 107 Å². The molecule has 4 nitrogen and oxygen atoms in total. The van der Waals surface area contributed by atoms with E-state index in [9.17, 15) is 4.79 Å². The highest BCUT2D eigenvalue weighted by molar-refractivity contribution is 6.17. The summed E-state index contributed by atoms with van der Waals surface area (Å²) in [4.78, 5) is 15.8. The van der Waals surface area contributed by atoms with Crippen LogP contribution in [0.15, 0.2) is 12.5 Å². The molecule has 1 aromatic heterocycles. The highest BCUT2D eigenvalue weighted by Gasteiger charge is 2.12. The molecule has 1 N–H and O–H groups in total. The van der Waals surface area contributed by atoms with Gasteiger partial charge in [-0.3, -0.25) is 4.79 Å². The summed E-state index contributed by atoms with van der Waals surface area (Å²) in [5, 5.41) is 2.91. The number of amides is 1. The van der Waals surface area contributed by atoms with E-state index in [0.717, 1.165) is 19.3 Å². The van der Waals surface area contributed by atoms with Gasteiger partial charge >= 0.3 is 0 Å². The van der Waals surface area contributed by atoms with Gasteiger partial charge in [0.2, 0.25) is 0 Å². The van der Waals surface area contributed by atoms with Gasteiger partial charge in [-0.2, -0.15) is 0 Å². The van der Waals surface area contributed by atoms with E-state index < -0.39 is 0 Å². The summed E-state index contributed by atoms with van der Waals surface area (Å²) in [7, 11) is 1.84. The van der Waals surface area contributed by atoms with E-state index in [0.29, 0.717) is 24.0 Å². The number of aromatic nitrogens is 2. The van der Waals surface area contributed by atoms with Gasteiger partial charge in [0.1, 0.15) is 5.69 Å². The van der Waals surface area contributed by atoms with Gasteiger partial charge in [-0.15, -0.1) is 11.6 Å². The fourth-order valence-electron chi connectivity index (χ4n) is 1.77. The minimum absolute atomic E-state index is 0.110. The first-order valence-electron chi connectivity index (χ1n) is 5.99. The molecule has 0 radical (unpaired) electrons. The summed E-state index contributed by atoms with van der Waals surface area (Å²) in [6, 6.07) is 0. The number of carbonyl (C=O) groups excluding carboxylic acids is 1. The van der Waals surface area contributed by atoms with Crippen molar-refractivity contribution in [2.24, 2.45) is 13.0 Å². The van der Waals surface area contributed by atoms with Gasteiger partial charge in [0.25, 0.3) is 5.91 Å². The van der Waals surface area contributed by atoms with Crippen molar-refractivity contribution >= 4 is 17.5 Å². The standard InChI is InChI=1S/C12H20ClN3O/c1-3-4-10(5-6-13)7-14-12(17)11-8-16(2)9-15-11/h8-10H,3-7H2,1-2H3,(H,14,17). The van der Waals surface area contributed by atoms with Crippen LogP contribution in [0, 0.1) is 5.92 Å². The lowest BCUT2D eigenvalue weighted by Crippen LogP contribution is -2.29. The first-order chi connectivity index (χ1) is 8.17. The Bertz CT molecular complexity index is 345. The molecule has 96 valence electrons. The minimum atomic E-state index is -0.110. The molecule has 1 rings (SSSR count). The number of nitrogens with zero attached hydrogens (tertiary/aromatic N) is 2. The highest BCUT2D eigenvalue weighted by Crippen LogP contribution is 2.11. The quantitative estimate of drug-likeness (QED) is 0.762. The fourth-order valence-corrected chi connectivity index (χ4v) is 2.08. The predicted molar refractivity (Wildman–Crippen MR) is 69.3 cm³/mol. The number of carbonyl (C=O) groups is 1. The smallest absolute Gasteiger partial charge is 0.271 e. The zero-order valence-corrected chi connectivity index (χ0v) is 11.2. The summed E-state index contributed by atoms with van der Waals surface area (Å²) >= 11 is 5.74. The van der Waals surface area contributed by atoms with Crippen molar-refractivity contribution in [1.82, 2.24) is 14.9 Å². The van der Waals surface area contributed by atoms with E-state index in [-0.39, 0.29) is 5.91 Å². The normalized spacial score (nSPS) is 12.4. The summed E-state index contributed by atoms with van der Waals surface area (Å²) in [6.45, 7) is 2.82. The number of nitrogens with one attached hydrogen (secondary N) is 1. The highest BCUT2D eigenvalue weighted by atomic mass is 35.5. The Morgan fingerprint density at radius 3 is 2.88 bits per heavy atom. The lowest BCUT2D eigenvalue weighted by molar-refractivity contribution is 0.0941. The second kappa shape index (κ2) is 7.33. The van der Waals surface area contributed by atoms with Crippen molar-refractivity contribution in [1.29, 1.82) is 0 Å². The largest absolute Gasteiger partial charge is 0.350 e. The number of hydrogen-bond donors (Lipinski definition) is 1. The van der Waals surface area contributed by atoms with Crippen molar-refractivity contribution in [3.05, 3.63) is 18.2 Å². The zero-order valence-electron chi connectivity index (χ0n) is 10.4. The monoisotopic (exact) mass is 257 g/mol. The molecular weight excluding hydrogens is 238 g/mol. The van der Waals surface area contributed by atoms with Gasteiger partial charge in [-0.05, 0) is 18.8 Å². The first kappa shape index (κ1) is 14.0. The number of hydrogen-bond acceptors (Lipinski definition) is 2. The van der Waals surface area contributed by atoms with Crippen molar-refractivity contribution < 1.29 is 4.79 Å². The number of imidazole rings is 1. The molecule has 0 fully saturated rings. The average molecular weight is 258 g/mol. The third kappa shape index (κ3) is 4.77. The molecule has 0 bridgehead atoms. The van der Waals surface area contributed by atoms with Crippen LogP contribution in [-0.4, -0.2) is 27.9 Å². The molecule has 1 amide bonds. The Balaban J connectivity index is 2.40. The topological polar surface area (TPSA) is 46.9 Å². The van der Waals surface area contributed by atoms with Gasteiger partial charge in [0.15, 0.2) is 0 Å². The lowest BCUT2D eigenvalue weighted by atomic mass is 10.0. The van der Waals surface area contributed by atoms with E-state index >= 15 is 0 Å². The van der Waals surface area contributed by atoms with Crippen molar-refractivity contribution in [3.8, 4) is 0 Å². The van der Waals surface area contributed by atoms with Gasteiger partial charge < -0.3 is 9.88 Å². The van der Waals surface area contributed by atoms with Crippen LogP contribution in [0.1, 0.15) is 36.7 Å². The maximum absolute atomic E-state index is 11.8. The van der Waals surface area contributed by atoms with Gasteiger partial charge in [0, 0.05) is 25.7 Å². The van der Waals surface area contributed by atoms with Crippen LogP contribution in [0.25, 0.3) is 0 Å². The molecule has 0 aliphatic rings. The van der Waals surface area contributed by atoms with Crippen LogP contribution in [0.4, 0.5) is 0 Å². The van der Waals surface area contributed by atoms with Crippen LogP contribution in [0.3, 0.4) is 0 Å². The second-order valence-corrected chi connectivity index (χ2v) is 4.64. The molecule has 0 saturated heterocycles. The van der Waals surface area contributed by atoms with Crippen LogP contribution in [0.2, 0.25) is 0 Å². The summed E-state index contributed by atoms with van der Waals surface area (Å²) in [6.07, 6.45) is 6.48. The van der Waals surface area contributed by atoms with Crippen LogP contribution in [0.5, 0.6) is 0 Å². The molecule has 1 heterocycles. The SMILES string of the molecule is CCCC(CCCl)CNC(=O)c1cn(C)cn1. The third-order valence-corrected chi connectivity index (χ3v) is 2.92. The van der Waals surface area contributed by atoms with Crippen LogP contribution >= 0.6 is 11.6 Å². The Morgan fingerprint density at radius 1 is 1.59 bits per heavy atom. The number of aryl methyl sites for hydroxylation is 1. The predicted octanol–water partition coefficient (Wildman–Crippen LogP) is 2.20. The molecule has 0 aliphatic heterocycles. The molecule has 0 spiro atoms.